The van der Waals surface area contributed by atoms with Crippen LogP contribution < -0.4 is 0 Å². The highest BCUT2D eigenvalue weighted by Gasteiger charge is 2.30. The van der Waals surface area contributed by atoms with Crippen molar-refractivity contribution in [2.24, 2.45) is 5.41 Å². The minimum Gasteiger partial charge on any atom is -0.228 e. The van der Waals surface area contributed by atoms with Crippen LogP contribution in [-0.4, -0.2) is 4.98 Å². The van der Waals surface area contributed by atoms with E-state index >= 15 is 0 Å². The fourth-order valence-electron chi connectivity index (χ4n) is 2.67. The minimum absolute atomic E-state index is 0.278. The van der Waals surface area contributed by atoms with E-state index in [0.717, 1.165) is 18.4 Å². The molecule has 0 aromatic carbocycles. The van der Waals surface area contributed by atoms with Crippen LogP contribution >= 0.6 is 0 Å². The molecule has 0 saturated heterocycles. The summed E-state index contributed by atoms with van der Waals surface area (Å²) in [5.41, 5.74) is 1.16. The molecule has 82 valence electrons. The first-order valence-corrected chi connectivity index (χ1v) is 5.69. The van der Waals surface area contributed by atoms with Crippen LogP contribution in [0.4, 0.5) is 4.39 Å². The highest BCUT2D eigenvalue weighted by atomic mass is 19.1. The van der Waals surface area contributed by atoms with Gasteiger partial charge in [-0.1, -0.05) is 26.3 Å². The van der Waals surface area contributed by atoms with Gasteiger partial charge >= 0.3 is 0 Å². The Balaban J connectivity index is 2.21. The summed E-state index contributed by atoms with van der Waals surface area (Å²) in [7, 11) is 0. The van der Waals surface area contributed by atoms with Crippen molar-refractivity contribution in [1.29, 1.82) is 0 Å². The van der Waals surface area contributed by atoms with Gasteiger partial charge in [0.05, 0.1) is 0 Å². The summed E-state index contributed by atoms with van der Waals surface area (Å²) in [5, 5.41) is 0. The Morgan fingerprint density at radius 3 is 2.93 bits per heavy atom. The van der Waals surface area contributed by atoms with Crippen LogP contribution in [0.3, 0.4) is 0 Å². The number of aromatic nitrogens is 1. The molecule has 1 aromatic rings. The quantitative estimate of drug-likeness (QED) is 0.636. The van der Waals surface area contributed by atoms with Gasteiger partial charge in [-0.15, -0.1) is 0 Å². The Morgan fingerprint density at radius 2 is 2.27 bits per heavy atom. The Morgan fingerprint density at radius 1 is 1.47 bits per heavy atom. The lowest BCUT2D eigenvalue weighted by molar-refractivity contribution is 0.216. The van der Waals surface area contributed by atoms with Gasteiger partial charge in [0.15, 0.2) is 0 Å². The number of rotatable bonds is 1. The molecule has 1 aliphatic rings. The third-order valence-electron chi connectivity index (χ3n) is 3.43. The summed E-state index contributed by atoms with van der Waals surface area (Å²) in [5.74, 6) is 0.0858. The van der Waals surface area contributed by atoms with Crippen LogP contribution in [0.1, 0.15) is 51.0 Å². The largest absolute Gasteiger partial charge is 0.228 e. The van der Waals surface area contributed by atoms with E-state index in [2.05, 4.69) is 18.8 Å². The molecule has 0 unspecified atom stereocenters. The lowest BCUT2D eigenvalue weighted by Gasteiger charge is -2.35. The maximum absolute atomic E-state index is 13.5. The number of pyridine rings is 1. The van der Waals surface area contributed by atoms with E-state index in [9.17, 15) is 4.39 Å². The third kappa shape index (κ3) is 2.36. The van der Waals surface area contributed by atoms with Crippen molar-refractivity contribution in [2.45, 2.75) is 45.4 Å². The Bertz CT molecular complexity index is 346. The van der Waals surface area contributed by atoms with Crippen LogP contribution in [0, 0.1) is 11.4 Å². The van der Waals surface area contributed by atoms with Gasteiger partial charge in [0.25, 0.3) is 0 Å². The molecule has 0 bridgehead atoms. The molecule has 1 heterocycles. The zero-order chi connectivity index (χ0) is 10.9. The second-order valence-electron chi connectivity index (χ2n) is 5.34. The van der Waals surface area contributed by atoms with Gasteiger partial charge in [-0.25, -0.2) is 4.98 Å². The van der Waals surface area contributed by atoms with Crippen LogP contribution in [0.25, 0.3) is 0 Å². The van der Waals surface area contributed by atoms with E-state index in [-0.39, 0.29) is 5.95 Å². The monoisotopic (exact) mass is 207 g/mol. The topological polar surface area (TPSA) is 12.9 Å². The van der Waals surface area contributed by atoms with Crippen molar-refractivity contribution in [2.75, 3.05) is 0 Å². The Kier molecular flexibility index (Phi) is 2.76. The van der Waals surface area contributed by atoms with Crippen molar-refractivity contribution in [3.05, 3.63) is 29.8 Å². The molecule has 0 spiro atoms. The number of halogens is 1. The maximum Gasteiger partial charge on any atom is 0.216 e. The Hall–Kier alpha value is -0.920. The van der Waals surface area contributed by atoms with Gasteiger partial charge in [0.2, 0.25) is 5.95 Å². The molecule has 1 atom stereocenters. The molecule has 0 amide bonds. The lowest BCUT2D eigenvalue weighted by Crippen LogP contribution is -2.22. The molecule has 1 aliphatic carbocycles. The highest BCUT2D eigenvalue weighted by molar-refractivity contribution is 5.17. The summed E-state index contributed by atoms with van der Waals surface area (Å²) in [6.07, 6.45) is 6.16. The Labute approximate surface area is 90.7 Å². The van der Waals surface area contributed by atoms with Crippen molar-refractivity contribution in [1.82, 2.24) is 4.98 Å². The van der Waals surface area contributed by atoms with Crippen molar-refractivity contribution in [3.8, 4) is 0 Å². The van der Waals surface area contributed by atoms with Crippen molar-refractivity contribution in [3.63, 3.8) is 0 Å². The average Bonchev–Trinajstić information content (AvgIpc) is 2.17. The second-order valence-corrected chi connectivity index (χ2v) is 5.34. The molecule has 2 rings (SSSR count). The summed E-state index contributed by atoms with van der Waals surface area (Å²) in [6.45, 7) is 4.54. The predicted molar refractivity (Wildman–Crippen MR) is 59.2 cm³/mol. The fraction of sp³-hybridized carbons (Fsp3) is 0.615. The van der Waals surface area contributed by atoms with Crippen LogP contribution in [0.15, 0.2) is 18.3 Å². The zero-order valence-corrected chi connectivity index (χ0v) is 9.46. The van der Waals surface area contributed by atoms with E-state index in [0.29, 0.717) is 11.3 Å². The number of nitrogens with zero attached hydrogens (tertiary/aromatic N) is 1. The van der Waals surface area contributed by atoms with E-state index < -0.39 is 0 Å². The molecule has 0 radical (unpaired) electrons. The van der Waals surface area contributed by atoms with Crippen LogP contribution in [0.2, 0.25) is 0 Å². The van der Waals surface area contributed by atoms with E-state index in [1.165, 1.54) is 19.0 Å². The van der Waals surface area contributed by atoms with E-state index in [4.69, 9.17) is 0 Å². The van der Waals surface area contributed by atoms with Crippen molar-refractivity contribution >= 4 is 0 Å². The third-order valence-corrected chi connectivity index (χ3v) is 3.43. The second kappa shape index (κ2) is 3.92. The zero-order valence-electron chi connectivity index (χ0n) is 9.46. The van der Waals surface area contributed by atoms with Crippen LogP contribution in [-0.2, 0) is 0 Å². The number of hydrogen-bond acceptors (Lipinski definition) is 1. The molecular weight excluding hydrogens is 189 g/mol. The molecule has 15 heavy (non-hydrogen) atoms. The molecule has 1 nitrogen and oxygen atoms in total. The average molecular weight is 207 g/mol. The summed E-state index contributed by atoms with van der Waals surface area (Å²) < 4.78 is 13.5. The summed E-state index contributed by atoms with van der Waals surface area (Å²) >= 11 is 0. The summed E-state index contributed by atoms with van der Waals surface area (Å²) in [6, 6.07) is 3.72. The SMILES string of the molecule is CC1(C)CCC[C@H](c2cccnc2F)C1. The van der Waals surface area contributed by atoms with E-state index in [1.54, 1.807) is 0 Å². The molecule has 0 aliphatic heterocycles. The van der Waals surface area contributed by atoms with Crippen molar-refractivity contribution < 1.29 is 4.39 Å². The molecule has 2 heteroatoms. The van der Waals surface area contributed by atoms with Gasteiger partial charge in [-0.2, -0.15) is 4.39 Å². The molecule has 1 saturated carbocycles. The number of hydrogen-bond donors (Lipinski definition) is 0. The predicted octanol–water partition coefficient (Wildman–Crippen LogP) is 3.90. The minimum atomic E-state index is -0.278. The van der Waals surface area contributed by atoms with E-state index in [1.807, 2.05) is 12.1 Å². The van der Waals surface area contributed by atoms with Gasteiger partial charge in [-0.05, 0) is 36.7 Å². The molecule has 1 aromatic heterocycles. The molecular formula is C13H18FN. The maximum atomic E-state index is 13.5. The first kappa shape index (κ1) is 10.6. The van der Waals surface area contributed by atoms with Gasteiger partial charge in [-0.3, -0.25) is 0 Å². The standard InChI is InChI=1S/C13H18FN/c1-13(2)7-3-5-10(9-13)11-6-4-8-15-12(11)14/h4,6,8,10H,3,5,7,9H2,1-2H3/t10-/m0/s1. The molecule has 1 fully saturated rings. The van der Waals surface area contributed by atoms with Gasteiger partial charge in [0, 0.05) is 11.8 Å². The smallest absolute Gasteiger partial charge is 0.216 e. The summed E-state index contributed by atoms with van der Waals surface area (Å²) in [4.78, 5) is 3.74. The fourth-order valence-corrected chi connectivity index (χ4v) is 2.67. The first-order valence-electron chi connectivity index (χ1n) is 5.69. The normalized spacial score (nSPS) is 25.1. The first-order chi connectivity index (χ1) is 7.08. The molecule has 0 N–H and O–H groups in total. The lowest BCUT2D eigenvalue weighted by atomic mass is 9.70. The highest BCUT2D eigenvalue weighted by Crippen LogP contribution is 2.43. The van der Waals surface area contributed by atoms with Crippen LogP contribution in [0.5, 0.6) is 0 Å². The van der Waals surface area contributed by atoms with Gasteiger partial charge < -0.3 is 0 Å². The van der Waals surface area contributed by atoms with Gasteiger partial charge in [0.1, 0.15) is 0 Å².